The van der Waals surface area contributed by atoms with Crippen LogP contribution in [0.5, 0.6) is 11.5 Å². The van der Waals surface area contributed by atoms with Crippen LogP contribution in [-0.4, -0.2) is 40.1 Å². The Labute approximate surface area is 180 Å². The van der Waals surface area contributed by atoms with Crippen molar-refractivity contribution in [1.29, 1.82) is 0 Å². The minimum Gasteiger partial charge on any atom is -0.454 e. The Bertz CT molecular complexity index is 954. The van der Waals surface area contributed by atoms with Gasteiger partial charge in [-0.25, -0.2) is 8.93 Å². The van der Waals surface area contributed by atoms with E-state index in [2.05, 4.69) is 46.9 Å². The van der Waals surface area contributed by atoms with Gasteiger partial charge in [0, 0.05) is 25.0 Å². The Kier molecular flexibility index (Phi) is 5.31. The van der Waals surface area contributed by atoms with Crippen molar-refractivity contribution in [3.8, 4) is 11.5 Å². The fourth-order valence-corrected chi connectivity index (χ4v) is 5.63. The van der Waals surface area contributed by atoms with E-state index in [0.717, 1.165) is 49.5 Å². The molecule has 0 amide bonds. The van der Waals surface area contributed by atoms with Gasteiger partial charge in [-0.2, -0.15) is 0 Å². The second-order valence-corrected chi connectivity index (χ2v) is 9.60. The van der Waals surface area contributed by atoms with Crippen LogP contribution in [0, 0.1) is 11.8 Å². The number of nitrogens with one attached hydrogen (secondary N) is 1. The lowest BCUT2D eigenvalue weighted by atomic mass is 9.91. The molecule has 5 rings (SSSR count). The molecule has 0 bridgehead atoms. The van der Waals surface area contributed by atoms with Crippen molar-refractivity contribution >= 4 is 11.3 Å². The van der Waals surface area contributed by atoms with Crippen molar-refractivity contribution in [2.24, 2.45) is 11.8 Å². The van der Waals surface area contributed by atoms with E-state index in [-0.39, 0.29) is 5.41 Å². The summed E-state index contributed by atoms with van der Waals surface area (Å²) in [6.45, 7) is 6.56. The summed E-state index contributed by atoms with van der Waals surface area (Å²) in [5.41, 5.74) is 3.97. The molecule has 3 aliphatic rings. The number of hydrogen-bond acceptors (Lipinski definition) is 4. The normalized spacial score (nSPS) is 27.8. The fourth-order valence-electron chi connectivity index (χ4n) is 5.34. The zero-order chi connectivity index (χ0) is 20.7. The molecular formula is C23H28N2O4S. The number of hydrogen-bond donors (Lipinski definition) is 2. The Hall–Kier alpha value is -1.93. The number of likely N-dealkylation sites (tertiary alicyclic amines) is 1. The zero-order valence-electron chi connectivity index (χ0n) is 17.2. The average Bonchev–Trinajstić information content (AvgIpc) is 3.15. The highest BCUT2D eigenvalue weighted by molar-refractivity contribution is 7.77. The number of rotatable bonds is 8. The van der Waals surface area contributed by atoms with Crippen LogP contribution in [0.2, 0.25) is 0 Å². The maximum Gasteiger partial charge on any atom is 0.232 e. The highest BCUT2D eigenvalue weighted by Crippen LogP contribution is 2.63. The molecule has 0 radical (unpaired) electrons. The van der Waals surface area contributed by atoms with Gasteiger partial charge in [0.05, 0.1) is 0 Å². The predicted octanol–water partition coefficient (Wildman–Crippen LogP) is 3.09. The summed E-state index contributed by atoms with van der Waals surface area (Å²) < 4.78 is 33.2. The van der Waals surface area contributed by atoms with E-state index in [1.165, 1.54) is 11.1 Å². The molecule has 2 heterocycles. The van der Waals surface area contributed by atoms with Gasteiger partial charge >= 0.3 is 0 Å². The summed E-state index contributed by atoms with van der Waals surface area (Å²) in [6.07, 6.45) is 2.20. The largest absolute Gasteiger partial charge is 0.454 e. The lowest BCUT2D eigenvalue weighted by molar-refractivity contribution is 0.174. The molecule has 3 atom stereocenters. The molecule has 1 saturated carbocycles. The predicted molar refractivity (Wildman–Crippen MR) is 116 cm³/mol. The van der Waals surface area contributed by atoms with Gasteiger partial charge in [-0.3, -0.25) is 4.55 Å². The first-order valence-electron chi connectivity index (χ1n) is 10.6. The van der Waals surface area contributed by atoms with E-state index in [9.17, 15) is 4.21 Å². The van der Waals surface area contributed by atoms with Crippen LogP contribution in [0.1, 0.15) is 30.0 Å². The first-order chi connectivity index (χ1) is 14.5. The molecule has 2 fully saturated rings. The van der Waals surface area contributed by atoms with Crippen molar-refractivity contribution < 1.29 is 18.2 Å². The van der Waals surface area contributed by atoms with E-state index >= 15 is 0 Å². The van der Waals surface area contributed by atoms with Crippen LogP contribution in [0.3, 0.4) is 0 Å². The van der Waals surface area contributed by atoms with E-state index in [1.54, 1.807) is 0 Å². The Morgan fingerprint density at radius 3 is 2.73 bits per heavy atom. The molecule has 0 aromatic heterocycles. The zero-order valence-corrected chi connectivity index (χ0v) is 18.0. The lowest BCUT2D eigenvalue weighted by Crippen LogP contribution is -2.30. The van der Waals surface area contributed by atoms with Crippen LogP contribution < -0.4 is 14.2 Å². The molecule has 0 spiro atoms. The van der Waals surface area contributed by atoms with Crippen LogP contribution in [0.4, 0.5) is 0 Å². The van der Waals surface area contributed by atoms with Crippen LogP contribution >= 0.6 is 0 Å². The van der Waals surface area contributed by atoms with Crippen LogP contribution in [0.15, 0.2) is 42.5 Å². The maximum absolute atomic E-state index is 10.9. The minimum absolute atomic E-state index is 0.238. The van der Waals surface area contributed by atoms with Gasteiger partial charge in [0.1, 0.15) is 0 Å². The molecule has 2 aromatic carbocycles. The van der Waals surface area contributed by atoms with Crippen molar-refractivity contribution in [3.63, 3.8) is 0 Å². The minimum atomic E-state index is -1.97. The van der Waals surface area contributed by atoms with Gasteiger partial charge in [0.25, 0.3) is 0 Å². The van der Waals surface area contributed by atoms with Crippen molar-refractivity contribution in [3.05, 3.63) is 59.2 Å². The molecule has 160 valence electrons. The molecule has 30 heavy (non-hydrogen) atoms. The fraction of sp³-hybridized carbons (Fsp3) is 0.478. The van der Waals surface area contributed by atoms with Gasteiger partial charge in [-0.1, -0.05) is 37.3 Å². The highest BCUT2D eigenvalue weighted by Gasteiger charge is 2.65. The summed E-state index contributed by atoms with van der Waals surface area (Å²) in [5, 5.41) is 0. The topological polar surface area (TPSA) is 71.0 Å². The number of ether oxygens (including phenoxy) is 2. The Morgan fingerprint density at radius 1 is 1.13 bits per heavy atom. The highest BCUT2D eigenvalue weighted by atomic mass is 32.2. The van der Waals surface area contributed by atoms with E-state index in [1.807, 2.05) is 12.1 Å². The third kappa shape index (κ3) is 3.75. The standard InChI is InChI=1S/C23H28N2O4S/c1-23(18-6-2-4-17(10-18)12-24-30(26)27)19-13-25(14-20(19)23)9-3-5-16-7-8-21-22(11-16)29-15-28-21/h2,4,6-8,10-11,19-20,24H,3,5,9,12-15H2,1H3,(H,26,27). The molecule has 7 heteroatoms. The molecule has 1 saturated heterocycles. The van der Waals surface area contributed by atoms with Crippen LogP contribution in [-0.2, 0) is 29.6 Å². The molecular weight excluding hydrogens is 400 g/mol. The van der Waals surface area contributed by atoms with Gasteiger partial charge in [-0.15, -0.1) is 0 Å². The number of benzene rings is 2. The summed E-state index contributed by atoms with van der Waals surface area (Å²) in [5.74, 6) is 3.13. The molecule has 2 aliphatic heterocycles. The molecule has 2 N–H and O–H groups in total. The second kappa shape index (κ2) is 7.96. The summed E-state index contributed by atoms with van der Waals surface area (Å²) in [6, 6.07) is 14.7. The second-order valence-electron chi connectivity index (χ2n) is 8.82. The van der Waals surface area contributed by atoms with Gasteiger partial charge < -0.3 is 14.4 Å². The third-order valence-electron chi connectivity index (χ3n) is 7.15. The maximum atomic E-state index is 10.9. The van der Waals surface area contributed by atoms with Crippen molar-refractivity contribution in [2.75, 3.05) is 26.4 Å². The molecule has 1 aliphatic carbocycles. The first-order valence-corrected chi connectivity index (χ1v) is 11.7. The molecule has 3 unspecified atom stereocenters. The third-order valence-corrected chi connectivity index (χ3v) is 7.54. The monoisotopic (exact) mass is 428 g/mol. The van der Waals surface area contributed by atoms with E-state index in [0.29, 0.717) is 25.2 Å². The Morgan fingerprint density at radius 2 is 1.93 bits per heavy atom. The smallest absolute Gasteiger partial charge is 0.232 e. The van der Waals surface area contributed by atoms with Crippen molar-refractivity contribution in [1.82, 2.24) is 9.62 Å². The number of nitrogens with zero attached hydrogens (tertiary/aromatic N) is 1. The quantitative estimate of drug-likeness (QED) is 0.633. The molecule has 2 aromatic rings. The van der Waals surface area contributed by atoms with Gasteiger partial charge in [0.15, 0.2) is 11.5 Å². The summed E-state index contributed by atoms with van der Waals surface area (Å²) >= 11 is -1.97. The SMILES string of the molecule is CC1(c2cccc(CNS(=O)O)c2)C2CN(CCCc3ccc4c(c3)OCO4)CC21. The number of piperidine rings is 1. The first kappa shape index (κ1) is 20.0. The summed E-state index contributed by atoms with van der Waals surface area (Å²) in [4.78, 5) is 2.60. The van der Waals surface area contributed by atoms with E-state index in [4.69, 9.17) is 14.0 Å². The number of aryl methyl sites for hydroxylation is 1. The van der Waals surface area contributed by atoms with Gasteiger partial charge in [-0.05, 0) is 60.0 Å². The summed E-state index contributed by atoms with van der Waals surface area (Å²) in [7, 11) is 0. The van der Waals surface area contributed by atoms with Gasteiger partial charge in [0.2, 0.25) is 18.1 Å². The van der Waals surface area contributed by atoms with Crippen LogP contribution in [0.25, 0.3) is 0 Å². The molecule has 6 nitrogen and oxygen atoms in total. The average molecular weight is 429 g/mol. The number of fused-ring (bicyclic) bond motifs is 2. The Balaban J connectivity index is 1.12. The van der Waals surface area contributed by atoms with Crippen molar-refractivity contribution in [2.45, 2.75) is 31.7 Å². The van der Waals surface area contributed by atoms with E-state index < -0.39 is 11.3 Å². The lowest BCUT2D eigenvalue weighted by Gasteiger charge is -2.24.